The topological polar surface area (TPSA) is 39.7 Å². The first kappa shape index (κ1) is 20.8. The second-order valence-corrected chi connectivity index (χ2v) is 5.72. The summed E-state index contributed by atoms with van der Waals surface area (Å²) in [5, 5.41) is 3.20. The smallest absolute Gasteiger partial charge is 0.285 e. The van der Waals surface area contributed by atoms with E-state index in [0.717, 1.165) is 25.8 Å². The molecule has 0 unspecified atom stereocenters. The monoisotopic (exact) mass is 303 g/mol. The molecule has 0 heterocycles. The van der Waals surface area contributed by atoms with E-state index in [9.17, 15) is 0 Å². The summed E-state index contributed by atoms with van der Waals surface area (Å²) in [4.78, 5) is 0. The van der Waals surface area contributed by atoms with Crippen molar-refractivity contribution in [3.63, 3.8) is 0 Å². The number of methoxy groups -OCH3 is 3. The summed E-state index contributed by atoms with van der Waals surface area (Å²) in [7, 11) is 6.98. The van der Waals surface area contributed by atoms with Gasteiger partial charge in [0.15, 0.2) is 0 Å². The van der Waals surface area contributed by atoms with Crippen LogP contribution in [0.1, 0.15) is 64.7 Å². The summed E-state index contributed by atoms with van der Waals surface area (Å²) < 4.78 is 16.7. The van der Waals surface area contributed by atoms with Gasteiger partial charge in [-0.2, -0.15) is 0 Å². The van der Waals surface area contributed by atoms with Crippen molar-refractivity contribution in [1.82, 2.24) is 5.32 Å². The quantitative estimate of drug-likeness (QED) is 0.367. The molecule has 0 aromatic heterocycles. The molecule has 0 saturated heterocycles. The van der Waals surface area contributed by atoms with E-state index >= 15 is 0 Å². The molecule has 0 saturated carbocycles. The highest BCUT2D eigenvalue weighted by Gasteiger charge is 2.39. The van der Waals surface area contributed by atoms with Gasteiger partial charge in [0.25, 0.3) is 5.97 Å². The molecule has 21 heavy (non-hydrogen) atoms. The lowest BCUT2D eigenvalue weighted by Crippen LogP contribution is -2.44. The van der Waals surface area contributed by atoms with Crippen LogP contribution in [0, 0.1) is 5.92 Å². The lowest BCUT2D eigenvalue weighted by atomic mass is 9.93. The fourth-order valence-corrected chi connectivity index (χ4v) is 2.94. The standard InChI is InChI=1S/C17H37NO3/c1-6-7-8-9-10-11-13-16(14-12-15-18-2)17(19-3,20-4)21-5/h16,18H,6-15H2,1-5H3/t16-/m1/s1. The Labute approximate surface area is 131 Å². The highest BCUT2D eigenvalue weighted by molar-refractivity contribution is 4.72. The van der Waals surface area contributed by atoms with Crippen LogP contribution in [0.3, 0.4) is 0 Å². The maximum Gasteiger partial charge on any atom is 0.285 e. The molecule has 0 radical (unpaired) electrons. The molecule has 4 nitrogen and oxygen atoms in total. The third-order valence-electron chi connectivity index (χ3n) is 4.24. The SMILES string of the molecule is CCCCCCCC[C@H](CCCNC)C(OC)(OC)OC. The lowest BCUT2D eigenvalue weighted by molar-refractivity contribution is -0.380. The first-order valence-electron chi connectivity index (χ1n) is 8.50. The Bertz CT molecular complexity index is 212. The van der Waals surface area contributed by atoms with E-state index in [4.69, 9.17) is 14.2 Å². The Morgan fingerprint density at radius 1 is 0.810 bits per heavy atom. The third-order valence-corrected chi connectivity index (χ3v) is 4.24. The normalized spacial score (nSPS) is 13.6. The van der Waals surface area contributed by atoms with Gasteiger partial charge in [-0.05, 0) is 32.9 Å². The average molecular weight is 303 g/mol. The van der Waals surface area contributed by atoms with Crippen molar-refractivity contribution in [3.8, 4) is 0 Å². The van der Waals surface area contributed by atoms with E-state index in [0.29, 0.717) is 0 Å². The molecule has 0 aliphatic heterocycles. The van der Waals surface area contributed by atoms with Gasteiger partial charge in [0.2, 0.25) is 0 Å². The Morgan fingerprint density at radius 2 is 1.33 bits per heavy atom. The fourth-order valence-electron chi connectivity index (χ4n) is 2.94. The zero-order chi connectivity index (χ0) is 16.0. The first-order valence-corrected chi connectivity index (χ1v) is 8.50. The fraction of sp³-hybridized carbons (Fsp3) is 1.00. The molecular formula is C17H37NO3. The summed E-state index contributed by atoms with van der Waals surface area (Å²) in [6.07, 6.45) is 11.1. The molecule has 0 spiro atoms. The lowest BCUT2D eigenvalue weighted by Gasteiger charge is -2.36. The molecule has 0 amide bonds. The zero-order valence-electron chi connectivity index (χ0n) is 14.9. The number of ether oxygens (including phenoxy) is 3. The molecule has 0 fully saturated rings. The Morgan fingerprint density at radius 3 is 1.86 bits per heavy atom. The maximum atomic E-state index is 5.56. The van der Waals surface area contributed by atoms with E-state index in [1.807, 2.05) is 7.05 Å². The van der Waals surface area contributed by atoms with E-state index in [-0.39, 0.29) is 5.92 Å². The maximum absolute atomic E-state index is 5.56. The van der Waals surface area contributed by atoms with E-state index in [2.05, 4.69) is 12.2 Å². The first-order chi connectivity index (χ1) is 10.2. The third kappa shape index (κ3) is 8.15. The van der Waals surface area contributed by atoms with Gasteiger partial charge in [0.05, 0.1) is 0 Å². The predicted molar refractivity (Wildman–Crippen MR) is 88.4 cm³/mol. The van der Waals surface area contributed by atoms with Gasteiger partial charge in [-0.1, -0.05) is 45.4 Å². The van der Waals surface area contributed by atoms with Crippen molar-refractivity contribution in [3.05, 3.63) is 0 Å². The second kappa shape index (κ2) is 13.5. The van der Waals surface area contributed by atoms with E-state index in [1.54, 1.807) is 21.3 Å². The Kier molecular flexibility index (Phi) is 13.4. The van der Waals surface area contributed by atoms with Gasteiger partial charge >= 0.3 is 0 Å². The van der Waals surface area contributed by atoms with Gasteiger partial charge in [0, 0.05) is 27.2 Å². The van der Waals surface area contributed by atoms with Crippen LogP contribution in [-0.4, -0.2) is 40.9 Å². The summed E-state index contributed by atoms with van der Waals surface area (Å²) in [6.45, 7) is 3.27. The Balaban J connectivity index is 4.30. The van der Waals surface area contributed by atoms with Crippen LogP contribution in [0.2, 0.25) is 0 Å². The van der Waals surface area contributed by atoms with Gasteiger partial charge in [0.1, 0.15) is 0 Å². The predicted octanol–water partition coefficient (Wildman–Crippen LogP) is 3.95. The minimum atomic E-state index is -0.892. The summed E-state index contributed by atoms with van der Waals surface area (Å²) in [5.74, 6) is -0.617. The second-order valence-electron chi connectivity index (χ2n) is 5.72. The van der Waals surface area contributed by atoms with Crippen LogP contribution in [-0.2, 0) is 14.2 Å². The van der Waals surface area contributed by atoms with Gasteiger partial charge in [-0.25, -0.2) is 0 Å². The van der Waals surface area contributed by atoms with Crippen LogP contribution < -0.4 is 5.32 Å². The van der Waals surface area contributed by atoms with E-state index < -0.39 is 5.97 Å². The number of nitrogens with one attached hydrogen (secondary N) is 1. The van der Waals surface area contributed by atoms with Crippen molar-refractivity contribution in [2.75, 3.05) is 34.9 Å². The van der Waals surface area contributed by atoms with Crippen LogP contribution >= 0.6 is 0 Å². The highest BCUT2D eigenvalue weighted by Crippen LogP contribution is 2.32. The van der Waals surface area contributed by atoms with Crippen molar-refractivity contribution in [2.24, 2.45) is 5.92 Å². The number of unbranched alkanes of at least 4 members (excludes halogenated alkanes) is 5. The van der Waals surface area contributed by atoms with Crippen LogP contribution in [0.4, 0.5) is 0 Å². The molecule has 4 heteroatoms. The minimum absolute atomic E-state index is 0.275. The molecule has 0 aliphatic rings. The number of hydrogen-bond acceptors (Lipinski definition) is 4. The Hall–Kier alpha value is -0.160. The highest BCUT2D eigenvalue weighted by atomic mass is 16.9. The van der Waals surface area contributed by atoms with Gasteiger partial charge in [-0.3, -0.25) is 0 Å². The largest absolute Gasteiger partial charge is 0.331 e. The molecule has 0 rings (SSSR count). The summed E-state index contributed by atoms with van der Waals surface area (Å²) in [5.41, 5.74) is 0. The number of hydrogen-bond donors (Lipinski definition) is 1. The van der Waals surface area contributed by atoms with Crippen molar-refractivity contribution in [1.29, 1.82) is 0 Å². The van der Waals surface area contributed by atoms with Gasteiger partial charge in [-0.15, -0.1) is 0 Å². The van der Waals surface area contributed by atoms with Crippen molar-refractivity contribution >= 4 is 0 Å². The molecule has 1 atom stereocenters. The van der Waals surface area contributed by atoms with Gasteiger partial charge < -0.3 is 19.5 Å². The average Bonchev–Trinajstić information content (AvgIpc) is 2.52. The van der Waals surface area contributed by atoms with Crippen molar-refractivity contribution in [2.45, 2.75) is 70.7 Å². The molecule has 0 aromatic carbocycles. The molecular weight excluding hydrogens is 266 g/mol. The summed E-state index contributed by atoms with van der Waals surface area (Å²) in [6, 6.07) is 0. The molecule has 128 valence electrons. The van der Waals surface area contributed by atoms with Crippen LogP contribution in [0.5, 0.6) is 0 Å². The number of rotatable bonds is 15. The zero-order valence-corrected chi connectivity index (χ0v) is 14.9. The summed E-state index contributed by atoms with van der Waals surface area (Å²) >= 11 is 0. The molecule has 0 bridgehead atoms. The van der Waals surface area contributed by atoms with E-state index in [1.165, 1.54) is 38.5 Å². The minimum Gasteiger partial charge on any atom is -0.331 e. The molecule has 0 aromatic rings. The van der Waals surface area contributed by atoms with Crippen molar-refractivity contribution < 1.29 is 14.2 Å². The molecule has 0 aliphatic carbocycles. The van der Waals surface area contributed by atoms with Crippen LogP contribution in [0.15, 0.2) is 0 Å². The van der Waals surface area contributed by atoms with Crippen LogP contribution in [0.25, 0.3) is 0 Å². The molecule has 1 N–H and O–H groups in total.